The molecule has 1 amide bonds. The zero-order valence-electron chi connectivity index (χ0n) is 12.9. The molecule has 0 aromatic carbocycles. The molecule has 0 unspecified atom stereocenters. The molecule has 0 saturated carbocycles. The molecule has 8 nitrogen and oxygen atoms in total. The number of nitrogens with zero attached hydrogens (tertiary/aromatic N) is 5. The van der Waals surface area contributed by atoms with Crippen molar-refractivity contribution in [3.05, 3.63) is 41.1 Å². The lowest BCUT2D eigenvalue weighted by atomic mass is 9.94. The van der Waals surface area contributed by atoms with Gasteiger partial charge in [0.25, 0.3) is 0 Å². The smallest absolute Gasteiger partial charge is 0.342 e. The van der Waals surface area contributed by atoms with Crippen molar-refractivity contribution in [3.63, 3.8) is 0 Å². The van der Waals surface area contributed by atoms with Gasteiger partial charge in [-0.05, 0) is 25.3 Å². The van der Waals surface area contributed by atoms with Crippen molar-refractivity contribution in [2.24, 2.45) is 0 Å². The van der Waals surface area contributed by atoms with Crippen molar-refractivity contribution in [2.75, 3.05) is 13.1 Å². The zero-order valence-corrected chi connectivity index (χ0v) is 12.9. The first-order valence-electron chi connectivity index (χ1n) is 7.88. The Hall–Kier alpha value is -2.51. The average Bonchev–Trinajstić information content (AvgIpc) is 3.08. The topological polar surface area (TPSA) is 96.8 Å². The molecule has 0 bridgehead atoms. The Balaban J connectivity index is 1.53. The van der Waals surface area contributed by atoms with Crippen LogP contribution in [0.15, 0.2) is 29.7 Å². The van der Waals surface area contributed by atoms with Gasteiger partial charge < -0.3 is 9.88 Å². The van der Waals surface area contributed by atoms with E-state index >= 15 is 0 Å². The quantitative estimate of drug-likeness (QED) is 0.869. The molecule has 3 heterocycles. The maximum absolute atomic E-state index is 12.4. The maximum atomic E-state index is 12.4. The Morgan fingerprint density at radius 1 is 1.43 bits per heavy atom. The van der Waals surface area contributed by atoms with Gasteiger partial charge in [-0.3, -0.25) is 9.48 Å². The first kappa shape index (κ1) is 15.4. The highest BCUT2D eigenvalue weighted by atomic mass is 16.2. The first-order chi connectivity index (χ1) is 11.2. The summed E-state index contributed by atoms with van der Waals surface area (Å²) in [6.45, 7) is 2.14. The second-order valence-electron chi connectivity index (χ2n) is 5.77. The van der Waals surface area contributed by atoms with Crippen molar-refractivity contribution < 1.29 is 4.79 Å². The van der Waals surface area contributed by atoms with Crippen LogP contribution in [0.2, 0.25) is 0 Å². The van der Waals surface area contributed by atoms with Crippen molar-refractivity contribution in [1.82, 2.24) is 29.6 Å². The normalized spacial score (nSPS) is 18.1. The second-order valence-corrected chi connectivity index (χ2v) is 5.77. The molecule has 1 fully saturated rings. The van der Waals surface area contributed by atoms with Crippen LogP contribution in [0.25, 0.3) is 0 Å². The lowest BCUT2D eigenvalue weighted by molar-refractivity contribution is -0.132. The van der Waals surface area contributed by atoms with Gasteiger partial charge in [0.15, 0.2) is 0 Å². The molecular weight excluding hydrogens is 296 g/mol. The van der Waals surface area contributed by atoms with E-state index in [1.54, 1.807) is 11.0 Å². The number of H-pyrrole nitrogens is 1. The summed E-state index contributed by atoms with van der Waals surface area (Å²) in [6.07, 6.45) is 7.84. The van der Waals surface area contributed by atoms with Crippen LogP contribution in [0.5, 0.6) is 0 Å². The molecule has 1 aliphatic heterocycles. The second kappa shape index (κ2) is 7.17. The van der Waals surface area contributed by atoms with Crippen LogP contribution in [0.3, 0.4) is 0 Å². The standard InChI is InChI=1S/C15H20N6O2/c22-14(4-2-8-21-11-16-10-18-21)20-7-1-3-12(9-20)13-5-6-17-15(23)19-13/h5-6,10-12H,1-4,7-9H2,(H,17,19,23)/t12-/m1/s1. The van der Waals surface area contributed by atoms with E-state index in [9.17, 15) is 9.59 Å². The predicted octanol–water partition coefficient (Wildman–Crippen LogP) is 0.548. The maximum Gasteiger partial charge on any atom is 0.345 e. The summed E-state index contributed by atoms with van der Waals surface area (Å²) in [5, 5.41) is 4.03. The van der Waals surface area contributed by atoms with Gasteiger partial charge in [-0.15, -0.1) is 0 Å². The number of amides is 1. The van der Waals surface area contributed by atoms with Crippen LogP contribution in [-0.4, -0.2) is 48.6 Å². The van der Waals surface area contributed by atoms with E-state index in [4.69, 9.17) is 0 Å². The van der Waals surface area contributed by atoms with Crippen LogP contribution >= 0.6 is 0 Å². The molecule has 1 atom stereocenters. The molecule has 1 aliphatic rings. The molecule has 0 spiro atoms. The fourth-order valence-corrected chi connectivity index (χ4v) is 2.98. The van der Waals surface area contributed by atoms with Gasteiger partial charge in [-0.2, -0.15) is 5.10 Å². The molecular formula is C15H20N6O2. The highest BCUT2D eigenvalue weighted by molar-refractivity contribution is 5.76. The number of carbonyl (C=O) groups excluding carboxylic acids is 1. The van der Waals surface area contributed by atoms with E-state index in [-0.39, 0.29) is 17.5 Å². The minimum Gasteiger partial charge on any atom is -0.342 e. The van der Waals surface area contributed by atoms with Crippen LogP contribution in [-0.2, 0) is 11.3 Å². The Kier molecular flexibility index (Phi) is 4.80. The molecule has 122 valence electrons. The monoisotopic (exact) mass is 316 g/mol. The van der Waals surface area contributed by atoms with Crippen molar-refractivity contribution in [1.29, 1.82) is 0 Å². The Bertz CT molecular complexity index is 696. The van der Waals surface area contributed by atoms with Crippen LogP contribution in [0.1, 0.15) is 37.3 Å². The molecule has 23 heavy (non-hydrogen) atoms. The number of likely N-dealkylation sites (tertiary alicyclic amines) is 1. The third-order valence-corrected chi connectivity index (χ3v) is 4.16. The summed E-state index contributed by atoms with van der Waals surface area (Å²) in [7, 11) is 0. The third kappa shape index (κ3) is 4.02. The van der Waals surface area contributed by atoms with E-state index in [2.05, 4.69) is 20.1 Å². The van der Waals surface area contributed by atoms with Crippen molar-refractivity contribution in [2.45, 2.75) is 38.1 Å². The van der Waals surface area contributed by atoms with Crippen LogP contribution in [0.4, 0.5) is 0 Å². The minimum atomic E-state index is -0.334. The van der Waals surface area contributed by atoms with E-state index in [0.717, 1.165) is 31.5 Å². The fourth-order valence-electron chi connectivity index (χ4n) is 2.98. The summed E-state index contributed by atoms with van der Waals surface area (Å²) >= 11 is 0. The number of piperidine rings is 1. The van der Waals surface area contributed by atoms with Gasteiger partial charge in [-0.1, -0.05) is 0 Å². The average molecular weight is 316 g/mol. The Morgan fingerprint density at radius 2 is 2.35 bits per heavy atom. The highest BCUT2D eigenvalue weighted by Crippen LogP contribution is 2.25. The number of hydrogen-bond acceptors (Lipinski definition) is 5. The lowest BCUT2D eigenvalue weighted by Gasteiger charge is -2.32. The van der Waals surface area contributed by atoms with E-state index < -0.39 is 0 Å². The summed E-state index contributed by atoms with van der Waals surface area (Å²) in [4.78, 5) is 35.9. The van der Waals surface area contributed by atoms with Gasteiger partial charge in [0.1, 0.15) is 12.7 Å². The van der Waals surface area contributed by atoms with E-state index in [0.29, 0.717) is 19.5 Å². The van der Waals surface area contributed by atoms with Gasteiger partial charge in [0.05, 0.1) is 0 Å². The van der Waals surface area contributed by atoms with E-state index in [1.807, 2.05) is 11.0 Å². The van der Waals surface area contributed by atoms with Gasteiger partial charge in [0.2, 0.25) is 5.91 Å². The molecule has 0 radical (unpaired) electrons. The summed E-state index contributed by atoms with van der Waals surface area (Å²) in [5.74, 6) is 0.338. The zero-order chi connectivity index (χ0) is 16.1. The predicted molar refractivity (Wildman–Crippen MR) is 82.7 cm³/mol. The number of nitrogens with one attached hydrogen (secondary N) is 1. The largest absolute Gasteiger partial charge is 0.345 e. The van der Waals surface area contributed by atoms with Gasteiger partial charge in [0, 0.05) is 43.9 Å². The van der Waals surface area contributed by atoms with Crippen LogP contribution < -0.4 is 5.69 Å². The van der Waals surface area contributed by atoms with E-state index in [1.165, 1.54) is 12.5 Å². The lowest BCUT2D eigenvalue weighted by Crippen LogP contribution is -2.39. The molecule has 1 saturated heterocycles. The number of hydrogen-bond donors (Lipinski definition) is 1. The fraction of sp³-hybridized carbons (Fsp3) is 0.533. The van der Waals surface area contributed by atoms with Crippen molar-refractivity contribution in [3.8, 4) is 0 Å². The third-order valence-electron chi connectivity index (χ3n) is 4.16. The number of aryl methyl sites for hydroxylation is 1. The number of aromatic amines is 1. The number of carbonyl (C=O) groups is 1. The molecule has 2 aromatic rings. The number of rotatable bonds is 5. The SMILES string of the molecule is O=C(CCCn1cncn1)N1CCC[C@@H](c2ccnc(=O)[nH]2)C1. The summed E-state index contributed by atoms with van der Waals surface area (Å²) in [5.41, 5.74) is 0.531. The summed E-state index contributed by atoms with van der Waals surface area (Å²) in [6, 6.07) is 1.82. The Labute approximate surface area is 133 Å². The molecule has 8 heteroatoms. The molecule has 3 rings (SSSR count). The molecule has 2 aromatic heterocycles. The Morgan fingerprint density at radius 3 is 3.13 bits per heavy atom. The highest BCUT2D eigenvalue weighted by Gasteiger charge is 2.25. The summed E-state index contributed by atoms with van der Waals surface area (Å²) < 4.78 is 1.73. The first-order valence-corrected chi connectivity index (χ1v) is 7.88. The van der Waals surface area contributed by atoms with Crippen molar-refractivity contribution >= 4 is 5.91 Å². The van der Waals surface area contributed by atoms with Crippen LogP contribution in [0, 0.1) is 0 Å². The molecule has 1 N–H and O–H groups in total. The minimum absolute atomic E-state index is 0.159. The number of aromatic nitrogens is 5. The van der Waals surface area contributed by atoms with Gasteiger partial charge in [-0.25, -0.2) is 14.8 Å². The molecule has 0 aliphatic carbocycles. The van der Waals surface area contributed by atoms with Gasteiger partial charge >= 0.3 is 5.69 Å².